The van der Waals surface area contributed by atoms with Gasteiger partial charge in [-0.1, -0.05) is 12.1 Å². The van der Waals surface area contributed by atoms with Gasteiger partial charge in [-0.15, -0.1) is 0 Å². The fourth-order valence-electron chi connectivity index (χ4n) is 3.64. The van der Waals surface area contributed by atoms with Crippen molar-refractivity contribution in [3.63, 3.8) is 0 Å². The van der Waals surface area contributed by atoms with Crippen molar-refractivity contribution in [3.05, 3.63) is 66.1 Å². The molecule has 0 fully saturated rings. The molecule has 0 spiro atoms. The fourth-order valence-corrected chi connectivity index (χ4v) is 4.03. The van der Waals surface area contributed by atoms with E-state index < -0.39 is 8.80 Å². The van der Waals surface area contributed by atoms with Crippen LogP contribution in [0.4, 0.5) is 5.82 Å². The van der Waals surface area contributed by atoms with E-state index in [9.17, 15) is 0 Å². The number of rotatable bonds is 12. The molecule has 0 saturated heterocycles. The quantitative estimate of drug-likeness (QED) is 0.166. The lowest BCUT2D eigenvalue weighted by molar-refractivity contribution is 0.132. The van der Waals surface area contributed by atoms with Crippen LogP contribution in [0.15, 0.2) is 55.0 Å². The summed E-state index contributed by atoms with van der Waals surface area (Å²) in [7, 11) is 2.66. The van der Waals surface area contributed by atoms with Gasteiger partial charge < -0.3 is 24.3 Å². The number of hydrogen-bond donors (Lipinski definition) is 1. The summed E-state index contributed by atoms with van der Waals surface area (Å²) in [6.07, 6.45) is 3.32. The van der Waals surface area contributed by atoms with Gasteiger partial charge in [-0.2, -0.15) is 5.10 Å². The minimum absolute atomic E-state index is 0.422. The van der Waals surface area contributed by atoms with Crippen molar-refractivity contribution >= 4 is 25.6 Å². The molecule has 0 unspecified atom stereocenters. The topological polar surface area (TPSA) is 92.6 Å². The van der Waals surface area contributed by atoms with Crippen LogP contribution in [0.3, 0.4) is 0 Å². The van der Waals surface area contributed by atoms with E-state index in [0.29, 0.717) is 55.9 Å². The highest BCUT2D eigenvalue weighted by atomic mass is 28.3. The van der Waals surface area contributed by atoms with Gasteiger partial charge in [0.1, 0.15) is 25.4 Å². The second kappa shape index (κ2) is 13.6. The van der Waals surface area contributed by atoms with Crippen LogP contribution in [0, 0.1) is 11.5 Å². The van der Waals surface area contributed by atoms with E-state index in [0.717, 1.165) is 22.2 Å². The predicted molar refractivity (Wildman–Crippen MR) is 150 cm³/mol. The van der Waals surface area contributed by atoms with Crippen molar-refractivity contribution in [2.75, 3.05) is 46.0 Å². The number of ether oxygens (including phenoxy) is 4. The standard InChI is InChI=1S/C28H32N5O4Si/c1-34-11-13-36-25-9-8-22(17-26(25)37-14-12-35-2)18-29-27-24-19-32-33(28(24)31-20-30-27)23-7-5-6-21(16-23)10-15-38(3)4/h5-9,16-17,19-20H,11-14,18H2,1-4H3,(H,29,30,31)/q+1. The number of methoxy groups -OCH3 is 2. The van der Waals surface area contributed by atoms with Crippen LogP contribution in [-0.4, -0.2) is 69.2 Å². The normalized spacial score (nSPS) is 10.6. The summed E-state index contributed by atoms with van der Waals surface area (Å²) in [5, 5.41) is 8.84. The molecule has 0 aliphatic rings. The van der Waals surface area contributed by atoms with Crippen LogP contribution < -0.4 is 14.8 Å². The van der Waals surface area contributed by atoms with Crippen molar-refractivity contribution in [1.82, 2.24) is 19.7 Å². The van der Waals surface area contributed by atoms with Crippen molar-refractivity contribution in [3.8, 4) is 28.7 Å². The van der Waals surface area contributed by atoms with Crippen molar-refractivity contribution in [2.24, 2.45) is 0 Å². The molecule has 196 valence electrons. The van der Waals surface area contributed by atoms with E-state index in [2.05, 4.69) is 44.9 Å². The molecule has 10 heteroatoms. The average Bonchev–Trinajstić information content (AvgIpc) is 3.37. The van der Waals surface area contributed by atoms with Crippen molar-refractivity contribution < 1.29 is 18.9 Å². The first-order valence-corrected chi connectivity index (χ1v) is 14.8. The number of aromatic nitrogens is 4. The molecule has 0 atom stereocenters. The average molecular weight is 531 g/mol. The third kappa shape index (κ3) is 7.10. The molecule has 2 aromatic carbocycles. The van der Waals surface area contributed by atoms with E-state index in [4.69, 9.17) is 18.9 Å². The highest BCUT2D eigenvalue weighted by Crippen LogP contribution is 2.29. The Morgan fingerprint density at radius 3 is 2.47 bits per heavy atom. The second-order valence-electron chi connectivity index (χ2n) is 8.63. The lowest BCUT2D eigenvalue weighted by Crippen LogP contribution is -2.09. The first kappa shape index (κ1) is 27.1. The van der Waals surface area contributed by atoms with Gasteiger partial charge in [-0.3, -0.25) is 0 Å². The Labute approximate surface area is 224 Å². The first-order valence-electron chi connectivity index (χ1n) is 12.3. The molecule has 0 aliphatic carbocycles. The van der Waals surface area contributed by atoms with Crippen LogP contribution in [0.25, 0.3) is 16.7 Å². The minimum atomic E-state index is -0.621. The summed E-state index contributed by atoms with van der Waals surface area (Å²) in [4.78, 5) is 8.96. The van der Waals surface area contributed by atoms with E-state index >= 15 is 0 Å². The van der Waals surface area contributed by atoms with Crippen LogP contribution in [-0.2, 0) is 16.0 Å². The SMILES string of the molecule is COCCOc1ccc(CNc2ncnc3c2cnn3-c2cccc(C#C[Si+](C)C)c2)cc1OCCOC. The molecule has 4 rings (SSSR count). The zero-order valence-corrected chi connectivity index (χ0v) is 23.2. The zero-order chi connectivity index (χ0) is 26.7. The molecule has 0 amide bonds. The van der Waals surface area contributed by atoms with Gasteiger partial charge in [-0.25, -0.2) is 14.6 Å². The molecule has 0 radical (unpaired) electrons. The summed E-state index contributed by atoms with van der Waals surface area (Å²) in [5.41, 5.74) is 6.89. The predicted octanol–water partition coefficient (Wildman–Crippen LogP) is 4.12. The number of hydrogen-bond acceptors (Lipinski definition) is 8. The Morgan fingerprint density at radius 2 is 1.71 bits per heavy atom. The first-order chi connectivity index (χ1) is 18.6. The molecule has 2 heterocycles. The highest BCUT2D eigenvalue weighted by Gasteiger charge is 2.13. The third-order valence-electron chi connectivity index (χ3n) is 5.47. The molecule has 1 N–H and O–H groups in total. The van der Waals surface area contributed by atoms with E-state index in [1.807, 2.05) is 47.1 Å². The number of nitrogens with zero attached hydrogens (tertiary/aromatic N) is 4. The Bertz CT molecular complexity index is 1410. The van der Waals surface area contributed by atoms with E-state index in [1.165, 1.54) is 0 Å². The molecule has 38 heavy (non-hydrogen) atoms. The summed E-state index contributed by atoms with van der Waals surface area (Å²) in [6.45, 7) is 6.71. The molecule has 2 aromatic heterocycles. The fraction of sp³-hybridized carbons (Fsp3) is 0.321. The van der Waals surface area contributed by atoms with Crippen LogP contribution >= 0.6 is 0 Å². The van der Waals surface area contributed by atoms with Gasteiger partial charge in [-0.05, 0) is 41.8 Å². The van der Waals surface area contributed by atoms with Crippen LogP contribution in [0.5, 0.6) is 11.5 Å². The van der Waals surface area contributed by atoms with Gasteiger partial charge in [0, 0.05) is 26.3 Å². The Kier molecular flexibility index (Phi) is 9.69. The maximum absolute atomic E-state index is 5.90. The Hall–Kier alpha value is -3.91. The molecular weight excluding hydrogens is 498 g/mol. The smallest absolute Gasteiger partial charge is 0.399 e. The number of fused-ring (bicyclic) bond motifs is 1. The highest BCUT2D eigenvalue weighted by molar-refractivity contribution is 6.64. The molecule has 4 aromatic rings. The summed E-state index contributed by atoms with van der Waals surface area (Å²) >= 11 is 0. The van der Waals surface area contributed by atoms with Gasteiger partial charge >= 0.3 is 8.80 Å². The van der Waals surface area contributed by atoms with Crippen LogP contribution in [0.2, 0.25) is 13.1 Å². The van der Waals surface area contributed by atoms with Crippen LogP contribution in [0.1, 0.15) is 11.1 Å². The van der Waals surface area contributed by atoms with E-state index in [1.54, 1.807) is 26.7 Å². The molecule has 0 aliphatic heterocycles. The maximum atomic E-state index is 5.90. The number of anilines is 1. The molecule has 0 bridgehead atoms. The summed E-state index contributed by atoms with van der Waals surface area (Å²) in [6, 6.07) is 13.9. The van der Waals surface area contributed by atoms with Gasteiger partial charge in [0.25, 0.3) is 0 Å². The maximum Gasteiger partial charge on any atom is 0.399 e. The molecule has 9 nitrogen and oxygen atoms in total. The monoisotopic (exact) mass is 530 g/mol. The summed E-state index contributed by atoms with van der Waals surface area (Å²) in [5.74, 6) is 5.27. The largest absolute Gasteiger partial charge is 0.487 e. The van der Waals surface area contributed by atoms with E-state index in [-0.39, 0.29) is 0 Å². The Balaban J connectivity index is 1.53. The third-order valence-corrected chi connectivity index (χ3v) is 6.10. The molecular formula is C28H32N5O4Si+. The summed E-state index contributed by atoms with van der Waals surface area (Å²) < 4.78 is 23.7. The lowest BCUT2D eigenvalue weighted by Gasteiger charge is -2.14. The lowest BCUT2D eigenvalue weighted by atomic mass is 10.2. The minimum Gasteiger partial charge on any atom is -0.487 e. The number of benzene rings is 2. The van der Waals surface area contributed by atoms with Gasteiger partial charge in [0.05, 0.1) is 49.1 Å². The zero-order valence-electron chi connectivity index (χ0n) is 22.2. The second-order valence-corrected chi connectivity index (χ2v) is 10.9. The van der Waals surface area contributed by atoms with Crippen molar-refractivity contribution in [2.45, 2.75) is 19.6 Å². The van der Waals surface area contributed by atoms with Crippen molar-refractivity contribution in [1.29, 1.82) is 0 Å². The van der Waals surface area contributed by atoms with Gasteiger partial charge in [0.2, 0.25) is 0 Å². The number of nitrogens with one attached hydrogen (secondary N) is 1. The Morgan fingerprint density at radius 1 is 0.921 bits per heavy atom. The molecule has 0 saturated carbocycles. The van der Waals surface area contributed by atoms with Gasteiger partial charge in [0.15, 0.2) is 17.1 Å².